The molecule has 0 saturated carbocycles. The van der Waals surface area contributed by atoms with Crippen LogP contribution >= 0.6 is 0 Å². The zero-order chi connectivity index (χ0) is 43.2. The average Bonchev–Trinajstić information content (AvgIpc) is 3.32. The standard InChI is InChI=1S/C52H64N6O4/c1-5-16-45-50(24-14-30-57-45)61-47(28-34-55-38-40-18-12-22-43(36-40)48(26-32-53-7-3)62-51-25-15-31-58-52(51)59-4)42-21-11-17-39(35-42)37-54-33-27-46(41-19-9-8-10-20-41)60-49-23-13-29-56-44(49)6-2/h8-15,17-25,29-31,35-36,46-48,53-55H,5-7,16,26-28,32-34,37-38H2,1-4H3. The number of rotatable bonds is 27. The van der Waals surface area contributed by atoms with Gasteiger partial charge in [-0.05, 0) is 103 Å². The van der Waals surface area contributed by atoms with Crippen molar-refractivity contribution in [2.45, 2.75) is 90.7 Å². The Morgan fingerprint density at radius 1 is 0.500 bits per heavy atom. The number of ether oxygens (including phenoxy) is 4. The van der Waals surface area contributed by atoms with Gasteiger partial charge < -0.3 is 34.9 Å². The monoisotopic (exact) mass is 836 g/mol. The second-order valence-electron chi connectivity index (χ2n) is 15.3. The van der Waals surface area contributed by atoms with Gasteiger partial charge in [0.1, 0.15) is 29.8 Å². The third kappa shape index (κ3) is 13.9. The molecule has 0 amide bonds. The molecule has 10 heteroatoms. The lowest BCUT2D eigenvalue weighted by Gasteiger charge is -2.23. The molecule has 0 fully saturated rings. The van der Waals surface area contributed by atoms with Crippen LogP contribution in [0.2, 0.25) is 0 Å². The highest BCUT2D eigenvalue weighted by molar-refractivity contribution is 5.35. The highest BCUT2D eigenvalue weighted by Gasteiger charge is 2.20. The topological polar surface area (TPSA) is 112 Å². The van der Waals surface area contributed by atoms with Crippen LogP contribution in [0.15, 0.2) is 134 Å². The lowest BCUT2D eigenvalue weighted by atomic mass is 10.0. The molecule has 10 nitrogen and oxygen atoms in total. The molecule has 3 heterocycles. The summed E-state index contributed by atoms with van der Waals surface area (Å²) in [6.45, 7) is 11.1. The van der Waals surface area contributed by atoms with Crippen molar-refractivity contribution in [1.29, 1.82) is 0 Å². The highest BCUT2D eigenvalue weighted by Crippen LogP contribution is 2.32. The molecule has 3 unspecified atom stereocenters. The fraction of sp³-hybridized carbons (Fsp3) is 0.365. The Balaban J connectivity index is 1.11. The van der Waals surface area contributed by atoms with Gasteiger partial charge in [-0.15, -0.1) is 0 Å². The van der Waals surface area contributed by atoms with Gasteiger partial charge in [0.05, 0.1) is 18.5 Å². The van der Waals surface area contributed by atoms with E-state index in [1.165, 1.54) is 11.1 Å². The van der Waals surface area contributed by atoms with Crippen LogP contribution in [0.5, 0.6) is 23.1 Å². The lowest BCUT2D eigenvalue weighted by molar-refractivity contribution is 0.184. The first-order valence-corrected chi connectivity index (χ1v) is 22.3. The molecule has 3 aromatic carbocycles. The summed E-state index contributed by atoms with van der Waals surface area (Å²) < 4.78 is 25.5. The van der Waals surface area contributed by atoms with E-state index in [1.54, 1.807) is 13.3 Å². The molecule has 0 aliphatic heterocycles. The largest absolute Gasteiger partial charge is 0.484 e. The Morgan fingerprint density at radius 2 is 1.00 bits per heavy atom. The maximum Gasteiger partial charge on any atom is 0.256 e. The van der Waals surface area contributed by atoms with Crippen LogP contribution in [-0.2, 0) is 25.9 Å². The van der Waals surface area contributed by atoms with E-state index < -0.39 is 0 Å². The molecule has 0 saturated heterocycles. The molecule has 0 spiro atoms. The van der Waals surface area contributed by atoms with E-state index in [4.69, 9.17) is 18.9 Å². The number of benzene rings is 3. The van der Waals surface area contributed by atoms with Gasteiger partial charge in [0.15, 0.2) is 5.75 Å². The van der Waals surface area contributed by atoms with E-state index in [2.05, 4.69) is 124 Å². The predicted molar refractivity (Wildman–Crippen MR) is 248 cm³/mol. The van der Waals surface area contributed by atoms with E-state index in [0.29, 0.717) is 18.2 Å². The SMILES string of the molecule is CCCc1ncccc1OC(CCNCc1cccc(C(CCNCC)Oc2cccnc2OC)c1)c1cccc(CNCCC(Oc2cccnc2CC)c2ccccc2)c1. The molecule has 6 aromatic rings. The van der Waals surface area contributed by atoms with Crippen LogP contribution in [0.1, 0.15) is 104 Å². The van der Waals surface area contributed by atoms with Crippen LogP contribution in [0.3, 0.4) is 0 Å². The van der Waals surface area contributed by atoms with Crippen molar-refractivity contribution in [2.24, 2.45) is 0 Å². The second kappa shape index (κ2) is 25.2. The van der Waals surface area contributed by atoms with Crippen molar-refractivity contribution < 1.29 is 18.9 Å². The normalized spacial score (nSPS) is 12.6. The predicted octanol–water partition coefficient (Wildman–Crippen LogP) is 10.1. The van der Waals surface area contributed by atoms with Crippen LogP contribution < -0.4 is 34.9 Å². The molecule has 6 rings (SSSR count). The van der Waals surface area contributed by atoms with Gasteiger partial charge in [0.2, 0.25) is 0 Å². The summed E-state index contributed by atoms with van der Waals surface area (Å²) in [5, 5.41) is 10.8. The fourth-order valence-corrected chi connectivity index (χ4v) is 7.53. The molecule has 3 atom stereocenters. The molecular formula is C52H64N6O4. The van der Waals surface area contributed by atoms with Gasteiger partial charge in [0, 0.05) is 50.9 Å². The van der Waals surface area contributed by atoms with Crippen LogP contribution in [0, 0.1) is 0 Å². The Labute approximate surface area is 368 Å². The Kier molecular flexibility index (Phi) is 18.6. The first-order valence-electron chi connectivity index (χ1n) is 22.3. The summed E-state index contributed by atoms with van der Waals surface area (Å²) in [6, 6.07) is 39.6. The lowest BCUT2D eigenvalue weighted by Crippen LogP contribution is -2.22. The van der Waals surface area contributed by atoms with Crippen molar-refractivity contribution in [3.8, 4) is 23.1 Å². The molecule has 62 heavy (non-hydrogen) atoms. The fourth-order valence-electron chi connectivity index (χ4n) is 7.53. The van der Waals surface area contributed by atoms with Gasteiger partial charge in [-0.1, -0.05) is 106 Å². The van der Waals surface area contributed by atoms with Gasteiger partial charge in [-0.25, -0.2) is 4.98 Å². The van der Waals surface area contributed by atoms with Gasteiger partial charge >= 0.3 is 0 Å². The summed E-state index contributed by atoms with van der Waals surface area (Å²) in [7, 11) is 1.62. The third-order valence-electron chi connectivity index (χ3n) is 10.7. The minimum absolute atomic E-state index is 0.0945. The number of nitrogens with one attached hydrogen (secondary N) is 3. The van der Waals surface area contributed by atoms with Gasteiger partial charge in [-0.2, -0.15) is 0 Å². The molecule has 0 aliphatic carbocycles. The molecule has 3 aromatic heterocycles. The van der Waals surface area contributed by atoms with Crippen LogP contribution in [0.4, 0.5) is 0 Å². The summed E-state index contributed by atoms with van der Waals surface area (Å²) in [5.74, 6) is 2.81. The maximum atomic E-state index is 6.86. The number of hydrogen-bond donors (Lipinski definition) is 3. The first kappa shape index (κ1) is 45.7. The zero-order valence-electron chi connectivity index (χ0n) is 36.9. The van der Waals surface area contributed by atoms with E-state index >= 15 is 0 Å². The number of methoxy groups -OCH3 is 1. The van der Waals surface area contributed by atoms with E-state index in [9.17, 15) is 0 Å². The second-order valence-corrected chi connectivity index (χ2v) is 15.3. The maximum absolute atomic E-state index is 6.86. The number of nitrogens with zero attached hydrogens (tertiary/aromatic N) is 3. The van der Waals surface area contributed by atoms with Crippen molar-refractivity contribution in [3.05, 3.63) is 173 Å². The van der Waals surface area contributed by atoms with Gasteiger partial charge in [0.25, 0.3) is 5.88 Å². The summed E-state index contributed by atoms with van der Waals surface area (Å²) in [5.41, 5.74) is 7.76. The quantitative estimate of drug-likeness (QED) is 0.0434. The molecule has 326 valence electrons. The molecular weight excluding hydrogens is 773 g/mol. The van der Waals surface area contributed by atoms with Crippen molar-refractivity contribution in [1.82, 2.24) is 30.9 Å². The minimum atomic E-state index is -0.171. The number of aromatic nitrogens is 3. The average molecular weight is 837 g/mol. The van der Waals surface area contributed by atoms with Crippen molar-refractivity contribution >= 4 is 0 Å². The Bertz CT molecular complexity index is 2200. The summed E-state index contributed by atoms with van der Waals surface area (Å²) >= 11 is 0. The summed E-state index contributed by atoms with van der Waals surface area (Å²) in [6.07, 6.45) is 10.0. The third-order valence-corrected chi connectivity index (χ3v) is 10.7. The van der Waals surface area contributed by atoms with E-state index in [0.717, 1.165) is 111 Å². The highest BCUT2D eigenvalue weighted by atomic mass is 16.5. The summed E-state index contributed by atoms with van der Waals surface area (Å²) in [4.78, 5) is 13.6. The Morgan fingerprint density at radius 3 is 1.56 bits per heavy atom. The van der Waals surface area contributed by atoms with E-state index in [1.807, 2.05) is 54.9 Å². The van der Waals surface area contributed by atoms with E-state index in [-0.39, 0.29) is 18.3 Å². The molecule has 0 bridgehead atoms. The molecule has 3 N–H and O–H groups in total. The van der Waals surface area contributed by atoms with Crippen LogP contribution in [-0.4, -0.2) is 48.2 Å². The van der Waals surface area contributed by atoms with Gasteiger partial charge in [-0.3, -0.25) is 9.97 Å². The number of pyridine rings is 3. The number of hydrogen-bond acceptors (Lipinski definition) is 10. The first-order chi connectivity index (χ1) is 30.6. The number of aryl methyl sites for hydroxylation is 2. The van der Waals surface area contributed by atoms with Crippen LogP contribution in [0.25, 0.3) is 0 Å². The Hall–Kier alpha value is -5.81. The molecule has 0 radical (unpaired) electrons. The smallest absolute Gasteiger partial charge is 0.256 e. The van der Waals surface area contributed by atoms with Crippen molar-refractivity contribution in [2.75, 3.05) is 33.3 Å². The molecule has 0 aliphatic rings. The minimum Gasteiger partial charge on any atom is -0.484 e. The van der Waals surface area contributed by atoms with Crippen molar-refractivity contribution in [3.63, 3.8) is 0 Å². The zero-order valence-corrected chi connectivity index (χ0v) is 36.9.